The standard InChI is InChI=1S/C21H24N2O7S/c1-27-17-8-6-16(11-19(17)28-2)31(25,26)23-9-3-4-14(12-23)21(24)22-15-5-7-18-20(10-15)30-13-29-18/h5-8,10-11,14H,3-4,9,12-13H2,1-2H3,(H,22,24). The predicted octanol–water partition coefficient (Wildman–Crippen LogP) is 2.47. The van der Waals surface area contributed by atoms with E-state index in [1.165, 1.54) is 30.7 Å². The topological polar surface area (TPSA) is 103 Å². The first-order chi connectivity index (χ1) is 14.9. The normalized spacial score (nSPS) is 18.5. The first kappa shape index (κ1) is 21.3. The highest BCUT2D eigenvalue weighted by Gasteiger charge is 2.34. The van der Waals surface area contributed by atoms with Gasteiger partial charge in [0.2, 0.25) is 22.7 Å². The molecule has 1 fully saturated rings. The van der Waals surface area contributed by atoms with Gasteiger partial charge in [0.15, 0.2) is 23.0 Å². The van der Waals surface area contributed by atoms with Crippen molar-refractivity contribution in [2.24, 2.45) is 5.92 Å². The third kappa shape index (κ3) is 4.26. The molecule has 1 atom stereocenters. The summed E-state index contributed by atoms with van der Waals surface area (Å²) >= 11 is 0. The molecule has 4 rings (SSSR count). The Kier molecular flexibility index (Phi) is 5.92. The first-order valence-electron chi connectivity index (χ1n) is 9.85. The molecule has 0 radical (unpaired) electrons. The average Bonchev–Trinajstić information content (AvgIpc) is 3.26. The van der Waals surface area contributed by atoms with Crippen LogP contribution in [0.4, 0.5) is 5.69 Å². The lowest BCUT2D eigenvalue weighted by molar-refractivity contribution is -0.120. The number of nitrogens with zero attached hydrogens (tertiary/aromatic N) is 1. The molecular weight excluding hydrogens is 424 g/mol. The van der Waals surface area contributed by atoms with Crippen molar-refractivity contribution in [3.63, 3.8) is 0 Å². The van der Waals surface area contributed by atoms with Gasteiger partial charge < -0.3 is 24.3 Å². The van der Waals surface area contributed by atoms with Crippen molar-refractivity contribution >= 4 is 21.6 Å². The molecule has 1 unspecified atom stereocenters. The quantitative estimate of drug-likeness (QED) is 0.724. The zero-order valence-corrected chi connectivity index (χ0v) is 18.1. The first-order valence-corrected chi connectivity index (χ1v) is 11.3. The SMILES string of the molecule is COc1ccc(S(=O)(=O)N2CCCC(C(=O)Nc3ccc4c(c3)OCO4)C2)cc1OC. The number of nitrogens with one attached hydrogen (secondary N) is 1. The third-order valence-electron chi connectivity index (χ3n) is 5.39. The van der Waals surface area contributed by atoms with E-state index in [-0.39, 0.29) is 24.1 Å². The van der Waals surface area contributed by atoms with Crippen molar-refractivity contribution in [2.75, 3.05) is 39.4 Å². The van der Waals surface area contributed by atoms with Gasteiger partial charge in [-0.2, -0.15) is 4.31 Å². The molecule has 0 spiro atoms. The van der Waals surface area contributed by atoms with Crippen LogP contribution in [0.1, 0.15) is 12.8 Å². The Morgan fingerprint density at radius 3 is 2.61 bits per heavy atom. The van der Waals surface area contributed by atoms with E-state index in [0.29, 0.717) is 48.1 Å². The molecule has 1 saturated heterocycles. The van der Waals surface area contributed by atoms with Gasteiger partial charge in [-0.1, -0.05) is 0 Å². The monoisotopic (exact) mass is 448 g/mol. The van der Waals surface area contributed by atoms with Crippen LogP contribution in [-0.4, -0.2) is 52.7 Å². The molecular formula is C21H24N2O7S. The molecule has 0 aliphatic carbocycles. The minimum Gasteiger partial charge on any atom is -0.493 e. The van der Waals surface area contributed by atoms with Crippen molar-refractivity contribution < 1.29 is 32.2 Å². The van der Waals surface area contributed by atoms with Crippen LogP contribution in [0.2, 0.25) is 0 Å². The average molecular weight is 448 g/mol. The molecule has 2 heterocycles. The fraction of sp³-hybridized carbons (Fsp3) is 0.381. The highest BCUT2D eigenvalue weighted by molar-refractivity contribution is 7.89. The van der Waals surface area contributed by atoms with E-state index in [2.05, 4.69) is 5.32 Å². The maximum atomic E-state index is 13.2. The minimum absolute atomic E-state index is 0.0991. The number of rotatable bonds is 6. The number of benzene rings is 2. The van der Waals surface area contributed by atoms with Crippen molar-refractivity contribution in [3.05, 3.63) is 36.4 Å². The molecule has 166 valence electrons. The number of methoxy groups -OCH3 is 2. The van der Waals surface area contributed by atoms with Crippen molar-refractivity contribution in [2.45, 2.75) is 17.7 Å². The van der Waals surface area contributed by atoms with Crippen LogP contribution < -0.4 is 24.3 Å². The summed E-state index contributed by atoms with van der Waals surface area (Å²) in [4.78, 5) is 12.9. The molecule has 1 N–H and O–H groups in total. The van der Waals surface area contributed by atoms with Crippen molar-refractivity contribution in [1.82, 2.24) is 4.31 Å². The second-order valence-corrected chi connectivity index (χ2v) is 9.21. The van der Waals surface area contributed by atoms with Crippen LogP contribution in [-0.2, 0) is 14.8 Å². The van der Waals surface area contributed by atoms with Crippen molar-refractivity contribution in [3.8, 4) is 23.0 Å². The Balaban J connectivity index is 1.48. The lowest BCUT2D eigenvalue weighted by Gasteiger charge is -2.31. The van der Waals surface area contributed by atoms with E-state index in [0.717, 1.165) is 0 Å². The molecule has 2 aromatic rings. The number of hydrogen-bond donors (Lipinski definition) is 1. The molecule has 2 aliphatic rings. The Hall–Kier alpha value is -2.98. The molecule has 9 nitrogen and oxygen atoms in total. The highest BCUT2D eigenvalue weighted by Crippen LogP contribution is 2.35. The van der Waals surface area contributed by atoms with Gasteiger partial charge in [-0.05, 0) is 37.1 Å². The van der Waals surface area contributed by atoms with E-state index >= 15 is 0 Å². The summed E-state index contributed by atoms with van der Waals surface area (Å²) in [6.45, 7) is 0.607. The second-order valence-electron chi connectivity index (χ2n) is 7.28. The predicted molar refractivity (Wildman–Crippen MR) is 112 cm³/mol. The zero-order valence-electron chi connectivity index (χ0n) is 17.3. The number of fused-ring (bicyclic) bond motifs is 1. The van der Waals surface area contributed by atoms with E-state index in [1.807, 2.05) is 0 Å². The fourth-order valence-corrected chi connectivity index (χ4v) is 5.26. The highest BCUT2D eigenvalue weighted by atomic mass is 32.2. The molecule has 10 heteroatoms. The van der Waals surface area contributed by atoms with Crippen LogP contribution in [0.3, 0.4) is 0 Å². The van der Waals surface area contributed by atoms with Gasteiger partial charge in [-0.3, -0.25) is 4.79 Å². The third-order valence-corrected chi connectivity index (χ3v) is 7.25. The largest absolute Gasteiger partial charge is 0.493 e. The number of piperidine rings is 1. The summed E-state index contributed by atoms with van der Waals surface area (Å²) in [6.07, 6.45) is 1.19. The maximum absolute atomic E-state index is 13.2. The Morgan fingerprint density at radius 2 is 1.84 bits per heavy atom. The number of carbonyl (C=O) groups is 1. The Bertz CT molecular complexity index is 1090. The number of anilines is 1. The van der Waals surface area contributed by atoms with Gasteiger partial charge >= 0.3 is 0 Å². The molecule has 31 heavy (non-hydrogen) atoms. The smallest absolute Gasteiger partial charge is 0.243 e. The van der Waals surface area contributed by atoms with Crippen LogP contribution in [0.15, 0.2) is 41.3 Å². The Morgan fingerprint density at radius 1 is 1.06 bits per heavy atom. The number of hydrogen-bond acceptors (Lipinski definition) is 7. The molecule has 0 saturated carbocycles. The molecule has 2 aliphatic heterocycles. The lowest BCUT2D eigenvalue weighted by atomic mass is 9.98. The maximum Gasteiger partial charge on any atom is 0.243 e. The summed E-state index contributed by atoms with van der Waals surface area (Å²) < 4.78 is 48.7. The summed E-state index contributed by atoms with van der Waals surface area (Å²) in [5.74, 6) is 1.28. The van der Waals surface area contributed by atoms with Crippen LogP contribution in [0.5, 0.6) is 23.0 Å². The Labute approximate surface area is 180 Å². The lowest BCUT2D eigenvalue weighted by Crippen LogP contribution is -2.43. The van der Waals surface area contributed by atoms with E-state index in [1.54, 1.807) is 24.3 Å². The van der Waals surface area contributed by atoms with Crippen molar-refractivity contribution in [1.29, 1.82) is 0 Å². The molecule has 2 aromatic carbocycles. The molecule has 0 bridgehead atoms. The van der Waals surface area contributed by atoms with Crippen LogP contribution in [0, 0.1) is 5.92 Å². The number of ether oxygens (including phenoxy) is 4. The van der Waals surface area contributed by atoms with Gasteiger partial charge in [-0.25, -0.2) is 8.42 Å². The fourth-order valence-electron chi connectivity index (χ4n) is 3.72. The number of amides is 1. The van der Waals surface area contributed by atoms with Crippen LogP contribution in [0.25, 0.3) is 0 Å². The van der Waals surface area contributed by atoms with Gasteiger partial charge in [0.25, 0.3) is 0 Å². The number of carbonyl (C=O) groups excluding carboxylic acids is 1. The van der Waals surface area contributed by atoms with Gasteiger partial charge in [0.05, 0.1) is 25.0 Å². The second kappa shape index (κ2) is 8.64. The van der Waals surface area contributed by atoms with E-state index in [4.69, 9.17) is 18.9 Å². The summed E-state index contributed by atoms with van der Waals surface area (Å²) in [5, 5.41) is 2.85. The van der Waals surface area contributed by atoms with Gasteiger partial charge in [0, 0.05) is 30.9 Å². The minimum atomic E-state index is -3.79. The zero-order chi connectivity index (χ0) is 22.0. The van der Waals surface area contributed by atoms with E-state index < -0.39 is 15.9 Å². The van der Waals surface area contributed by atoms with Gasteiger partial charge in [-0.15, -0.1) is 0 Å². The summed E-state index contributed by atoms with van der Waals surface area (Å²) in [5.41, 5.74) is 0.578. The number of sulfonamides is 1. The van der Waals surface area contributed by atoms with Crippen LogP contribution >= 0.6 is 0 Å². The van der Waals surface area contributed by atoms with Gasteiger partial charge in [0.1, 0.15) is 0 Å². The summed E-state index contributed by atoms with van der Waals surface area (Å²) in [6, 6.07) is 9.62. The molecule has 1 amide bonds. The van der Waals surface area contributed by atoms with E-state index in [9.17, 15) is 13.2 Å². The molecule has 0 aromatic heterocycles. The summed E-state index contributed by atoms with van der Waals surface area (Å²) in [7, 11) is -0.849.